The Bertz CT molecular complexity index is 82.5. The lowest BCUT2D eigenvalue weighted by atomic mass is 10.4. The zero-order chi connectivity index (χ0) is 6.57. The highest BCUT2D eigenvalue weighted by atomic mass is 35.5. The Balaban J connectivity index is 3.32. The highest BCUT2D eigenvalue weighted by Gasteiger charge is 2.06. The molecule has 0 amide bonds. The standard InChI is InChI=1S/C5H9ClO2/c1-3-8-4(2)5(6)7/h4H,3H2,1-2H3. The maximum Gasteiger partial charge on any atom is 0.250 e. The van der Waals surface area contributed by atoms with Gasteiger partial charge in [0.2, 0.25) is 5.24 Å². The minimum atomic E-state index is -0.457. The molecule has 0 saturated carbocycles. The molecule has 0 heterocycles. The molecule has 0 aliphatic carbocycles. The number of halogens is 1. The van der Waals surface area contributed by atoms with E-state index in [4.69, 9.17) is 16.3 Å². The van der Waals surface area contributed by atoms with Crippen molar-refractivity contribution in [1.29, 1.82) is 0 Å². The minimum absolute atomic E-state index is 0.438. The van der Waals surface area contributed by atoms with Crippen LogP contribution in [0.5, 0.6) is 0 Å². The van der Waals surface area contributed by atoms with Crippen LogP contribution in [0.3, 0.4) is 0 Å². The predicted molar refractivity (Wildman–Crippen MR) is 31.9 cm³/mol. The van der Waals surface area contributed by atoms with E-state index in [1.165, 1.54) is 0 Å². The average molecular weight is 137 g/mol. The van der Waals surface area contributed by atoms with Crippen LogP contribution in [-0.2, 0) is 9.53 Å². The van der Waals surface area contributed by atoms with Crippen LogP contribution in [0.4, 0.5) is 0 Å². The minimum Gasteiger partial charge on any atom is -0.370 e. The Labute approximate surface area is 53.8 Å². The van der Waals surface area contributed by atoms with E-state index in [0.717, 1.165) is 0 Å². The van der Waals surface area contributed by atoms with Crippen molar-refractivity contribution in [2.24, 2.45) is 0 Å². The van der Waals surface area contributed by atoms with E-state index in [1.807, 2.05) is 6.92 Å². The Kier molecular flexibility index (Phi) is 3.83. The third-order valence-corrected chi connectivity index (χ3v) is 1.04. The molecule has 0 aromatic heterocycles. The molecule has 1 unspecified atom stereocenters. The lowest BCUT2D eigenvalue weighted by molar-refractivity contribution is -0.121. The fourth-order valence-electron chi connectivity index (χ4n) is 0.316. The van der Waals surface area contributed by atoms with Gasteiger partial charge in [0.25, 0.3) is 0 Å². The van der Waals surface area contributed by atoms with Gasteiger partial charge in [-0.1, -0.05) is 0 Å². The van der Waals surface area contributed by atoms with E-state index in [1.54, 1.807) is 6.92 Å². The first-order valence-corrected chi connectivity index (χ1v) is 2.87. The summed E-state index contributed by atoms with van der Waals surface area (Å²) in [5, 5.41) is -0.438. The van der Waals surface area contributed by atoms with Crippen molar-refractivity contribution in [3.63, 3.8) is 0 Å². The highest BCUT2D eigenvalue weighted by Crippen LogP contribution is 1.94. The van der Waals surface area contributed by atoms with E-state index < -0.39 is 11.3 Å². The van der Waals surface area contributed by atoms with Crippen molar-refractivity contribution in [2.45, 2.75) is 20.0 Å². The summed E-state index contributed by atoms with van der Waals surface area (Å²) >= 11 is 5.04. The molecule has 0 radical (unpaired) electrons. The zero-order valence-electron chi connectivity index (χ0n) is 4.98. The first-order valence-electron chi connectivity index (χ1n) is 2.49. The van der Waals surface area contributed by atoms with Crippen LogP contribution in [-0.4, -0.2) is 18.0 Å². The molecule has 48 valence electrons. The lowest BCUT2D eigenvalue weighted by Gasteiger charge is -2.03. The smallest absolute Gasteiger partial charge is 0.250 e. The topological polar surface area (TPSA) is 26.3 Å². The number of ether oxygens (including phenoxy) is 1. The molecule has 2 nitrogen and oxygen atoms in total. The van der Waals surface area contributed by atoms with Crippen LogP contribution in [0.2, 0.25) is 0 Å². The molecule has 0 aliphatic rings. The summed E-state index contributed by atoms with van der Waals surface area (Å²) in [6, 6.07) is 0. The van der Waals surface area contributed by atoms with Crippen molar-refractivity contribution < 1.29 is 9.53 Å². The monoisotopic (exact) mass is 136 g/mol. The largest absolute Gasteiger partial charge is 0.370 e. The Morgan fingerprint density at radius 3 is 2.50 bits per heavy atom. The van der Waals surface area contributed by atoms with Crippen molar-refractivity contribution >= 4 is 16.8 Å². The summed E-state index contributed by atoms with van der Waals surface area (Å²) < 4.78 is 4.82. The molecule has 0 aromatic rings. The average Bonchev–Trinajstić information content (AvgIpc) is 1.67. The van der Waals surface area contributed by atoms with E-state index >= 15 is 0 Å². The molecule has 0 N–H and O–H groups in total. The fraction of sp³-hybridized carbons (Fsp3) is 0.800. The maximum atomic E-state index is 10.2. The van der Waals surface area contributed by atoms with Crippen LogP contribution in [0.15, 0.2) is 0 Å². The van der Waals surface area contributed by atoms with Crippen LogP contribution in [0.25, 0.3) is 0 Å². The summed E-state index contributed by atoms with van der Waals surface area (Å²) in [6.45, 7) is 3.97. The van der Waals surface area contributed by atoms with Crippen LogP contribution in [0, 0.1) is 0 Å². The molecule has 0 aliphatic heterocycles. The molecule has 1 atom stereocenters. The molecule has 0 saturated heterocycles. The second-order valence-electron chi connectivity index (χ2n) is 1.40. The highest BCUT2D eigenvalue weighted by molar-refractivity contribution is 6.64. The number of carbonyl (C=O) groups excluding carboxylic acids is 1. The van der Waals surface area contributed by atoms with Gasteiger partial charge >= 0.3 is 0 Å². The first-order chi connectivity index (χ1) is 3.68. The summed E-state index contributed by atoms with van der Waals surface area (Å²) in [6.07, 6.45) is -0.457. The molecule has 0 spiro atoms. The summed E-state index contributed by atoms with van der Waals surface area (Å²) in [5.41, 5.74) is 0. The maximum absolute atomic E-state index is 10.2. The fourth-order valence-corrected chi connectivity index (χ4v) is 0.379. The molecular formula is C5H9ClO2. The molecule has 0 bridgehead atoms. The van der Waals surface area contributed by atoms with Gasteiger partial charge in [0.1, 0.15) is 6.10 Å². The van der Waals surface area contributed by atoms with Crippen LogP contribution in [0.1, 0.15) is 13.8 Å². The quantitative estimate of drug-likeness (QED) is 0.545. The first kappa shape index (κ1) is 7.92. The van der Waals surface area contributed by atoms with Gasteiger partial charge in [-0.25, -0.2) is 0 Å². The van der Waals surface area contributed by atoms with Gasteiger partial charge in [0.05, 0.1) is 0 Å². The van der Waals surface area contributed by atoms with Crippen LogP contribution < -0.4 is 0 Å². The van der Waals surface area contributed by atoms with Gasteiger partial charge < -0.3 is 4.74 Å². The normalized spacial score (nSPS) is 13.4. The van der Waals surface area contributed by atoms with Gasteiger partial charge in [-0.2, -0.15) is 0 Å². The van der Waals surface area contributed by atoms with Crippen molar-refractivity contribution in [3.8, 4) is 0 Å². The van der Waals surface area contributed by atoms with Crippen molar-refractivity contribution in [2.75, 3.05) is 6.61 Å². The molecule has 8 heavy (non-hydrogen) atoms. The van der Waals surface area contributed by atoms with Crippen LogP contribution >= 0.6 is 11.6 Å². The Morgan fingerprint density at radius 2 is 2.38 bits per heavy atom. The molecule has 0 aromatic carbocycles. The third kappa shape index (κ3) is 2.99. The van der Waals surface area contributed by atoms with E-state index in [-0.39, 0.29) is 0 Å². The lowest BCUT2D eigenvalue weighted by Crippen LogP contribution is -2.14. The molecule has 0 rings (SSSR count). The molecule has 3 heteroatoms. The molecular weight excluding hydrogens is 128 g/mol. The number of hydrogen-bond acceptors (Lipinski definition) is 2. The molecule has 0 fully saturated rings. The van der Waals surface area contributed by atoms with E-state index in [9.17, 15) is 4.79 Å². The number of carbonyl (C=O) groups is 1. The SMILES string of the molecule is CCOC(C)C(=O)Cl. The summed E-state index contributed by atoms with van der Waals surface area (Å²) in [4.78, 5) is 10.2. The summed E-state index contributed by atoms with van der Waals surface area (Å²) in [5.74, 6) is 0. The van der Waals surface area contributed by atoms with Gasteiger partial charge in [0, 0.05) is 6.61 Å². The number of hydrogen-bond donors (Lipinski definition) is 0. The second-order valence-corrected chi connectivity index (χ2v) is 1.77. The second kappa shape index (κ2) is 3.87. The number of rotatable bonds is 3. The zero-order valence-corrected chi connectivity index (χ0v) is 5.73. The Morgan fingerprint density at radius 1 is 1.88 bits per heavy atom. The third-order valence-electron chi connectivity index (χ3n) is 0.736. The van der Waals surface area contributed by atoms with E-state index in [0.29, 0.717) is 6.61 Å². The van der Waals surface area contributed by atoms with Gasteiger partial charge in [-0.15, -0.1) is 0 Å². The Hall–Kier alpha value is -0.0800. The van der Waals surface area contributed by atoms with Gasteiger partial charge in [-0.05, 0) is 25.4 Å². The summed E-state index contributed by atoms with van der Waals surface area (Å²) in [7, 11) is 0. The van der Waals surface area contributed by atoms with Crippen molar-refractivity contribution in [1.82, 2.24) is 0 Å². The van der Waals surface area contributed by atoms with E-state index in [2.05, 4.69) is 0 Å². The van der Waals surface area contributed by atoms with Gasteiger partial charge in [0.15, 0.2) is 0 Å². The van der Waals surface area contributed by atoms with Gasteiger partial charge in [-0.3, -0.25) is 4.79 Å². The van der Waals surface area contributed by atoms with Crippen molar-refractivity contribution in [3.05, 3.63) is 0 Å². The predicted octanol–water partition coefficient (Wildman–Crippen LogP) is 1.18.